The number of hydrogen-bond donors (Lipinski definition) is 1. The number of aromatic nitrogens is 2. The molecular weight excluding hydrogens is 324 g/mol. The Morgan fingerprint density at radius 3 is 2.46 bits per heavy atom. The zero-order valence-electron chi connectivity index (χ0n) is 17.0. The predicted octanol–water partition coefficient (Wildman–Crippen LogP) is 4.09. The van der Waals surface area contributed by atoms with E-state index < -0.39 is 0 Å². The van der Waals surface area contributed by atoms with Gasteiger partial charge in [0, 0.05) is 37.7 Å². The highest BCUT2D eigenvalue weighted by Gasteiger charge is 2.25. The lowest BCUT2D eigenvalue weighted by Crippen LogP contribution is -2.44. The summed E-state index contributed by atoms with van der Waals surface area (Å²) in [5.41, 5.74) is 2.79. The van der Waals surface area contributed by atoms with Crippen molar-refractivity contribution >= 4 is 11.6 Å². The monoisotopic (exact) mass is 358 g/mol. The fraction of sp³-hybridized carbons (Fsp3) is 0.619. The molecule has 0 bridgehead atoms. The number of fused-ring (bicyclic) bond motifs is 1. The second kappa shape index (κ2) is 9.72. The Bertz CT molecular complexity index is 697. The second-order valence-corrected chi connectivity index (χ2v) is 7.35. The van der Waals surface area contributed by atoms with E-state index >= 15 is 0 Å². The van der Waals surface area contributed by atoms with Crippen molar-refractivity contribution in [1.29, 1.82) is 0 Å². The maximum Gasteiger partial charge on any atom is 0.255 e. The third kappa shape index (κ3) is 4.85. The van der Waals surface area contributed by atoms with Crippen LogP contribution in [0.25, 0.3) is 5.65 Å². The highest BCUT2D eigenvalue weighted by molar-refractivity contribution is 5.96. The highest BCUT2D eigenvalue weighted by Crippen LogP contribution is 2.24. The molecule has 1 amide bonds. The highest BCUT2D eigenvalue weighted by atomic mass is 16.2. The molecule has 0 spiro atoms. The summed E-state index contributed by atoms with van der Waals surface area (Å²) < 4.78 is 1.93. The van der Waals surface area contributed by atoms with Gasteiger partial charge in [0.25, 0.3) is 5.91 Å². The number of carbonyl (C=O) groups excluding carboxylic acids is 1. The molecule has 1 N–H and O–H groups in total. The molecule has 1 saturated heterocycles. The maximum absolute atomic E-state index is 13.0. The van der Waals surface area contributed by atoms with Crippen LogP contribution in [0.2, 0.25) is 0 Å². The van der Waals surface area contributed by atoms with Gasteiger partial charge in [0.1, 0.15) is 5.65 Å². The summed E-state index contributed by atoms with van der Waals surface area (Å²) in [5, 5.41) is 3.30. The Balaban J connectivity index is 0.000000552. The zero-order valence-corrected chi connectivity index (χ0v) is 17.0. The van der Waals surface area contributed by atoms with Crippen LogP contribution < -0.4 is 5.32 Å². The van der Waals surface area contributed by atoms with Crippen LogP contribution in [0, 0.1) is 0 Å². The average Bonchev–Trinajstić information content (AvgIpc) is 3.14. The first-order valence-corrected chi connectivity index (χ1v) is 9.94. The van der Waals surface area contributed by atoms with E-state index in [0.29, 0.717) is 12.0 Å². The Morgan fingerprint density at radius 1 is 1.27 bits per heavy atom. The molecule has 1 fully saturated rings. The first-order chi connectivity index (χ1) is 12.5. The first-order valence-electron chi connectivity index (χ1n) is 9.94. The number of amides is 1. The molecule has 0 saturated carbocycles. The summed E-state index contributed by atoms with van der Waals surface area (Å²) in [6.07, 6.45) is 10.3. The summed E-state index contributed by atoms with van der Waals surface area (Å²) in [4.78, 5) is 19.3. The van der Waals surface area contributed by atoms with Gasteiger partial charge in [-0.3, -0.25) is 4.79 Å². The number of likely N-dealkylation sites (tertiary alicyclic amines) is 1. The summed E-state index contributed by atoms with van der Waals surface area (Å²) >= 11 is 0. The van der Waals surface area contributed by atoms with Crippen LogP contribution in [0.15, 0.2) is 24.7 Å². The lowest BCUT2D eigenvalue weighted by Gasteiger charge is -2.32. The Kier molecular flexibility index (Phi) is 7.64. The number of rotatable bonds is 4. The van der Waals surface area contributed by atoms with Crippen LogP contribution >= 0.6 is 0 Å². The number of imidazole rings is 1. The number of nitrogens with zero attached hydrogens (tertiary/aromatic N) is 3. The molecule has 0 aliphatic carbocycles. The van der Waals surface area contributed by atoms with Gasteiger partial charge in [-0.05, 0) is 37.4 Å². The van der Waals surface area contributed by atoms with E-state index in [-0.39, 0.29) is 5.91 Å². The third-order valence-corrected chi connectivity index (χ3v) is 5.11. The number of piperidine rings is 1. The van der Waals surface area contributed by atoms with Gasteiger partial charge in [0.05, 0.1) is 5.56 Å². The minimum absolute atomic E-state index is 0.147. The fourth-order valence-corrected chi connectivity index (χ4v) is 3.17. The predicted molar refractivity (Wildman–Crippen MR) is 108 cm³/mol. The third-order valence-electron chi connectivity index (χ3n) is 5.11. The van der Waals surface area contributed by atoms with Crippen LogP contribution in [0.4, 0.5) is 0 Å². The average molecular weight is 359 g/mol. The quantitative estimate of drug-likeness (QED) is 0.895. The van der Waals surface area contributed by atoms with Crippen LogP contribution in [0.3, 0.4) is 0 Å². The minimum Gasteiger partial charge on any atom is -0.338 e. The van der Waals surface area contributed by atoms with Gasteiger partial charge in [-0.2, -0.15) is 0 Å². The first kappa shape index (κ1) is 20.4. The van der Waals surface area contributed by atoms with E-state index in [9.17, 15) is 4.79 Å². The molecule has 3 heterocycles. The molecule has 5 nitrogen and oxygen atoms in total. The van der Waals surface area contributed by atoms with E-state index in [1.165, 1.54) is 12.8 Å². The van der Waals surface area contributed by atoms with E-state index in [2.05, 4.69) is 38.0 Å². The van der Waals surface area contributed by atoms with Gasteiger partial charge in [0.15, 0.2) is 0 Å². The fourth-order valence-electron chi connectivity index (χ4n) is 3.17. The standard InChI is InChI=1S/C17H24N4O.C4H10/c1-12(2)14-10-16-19-6-9-21(16)11-15(14)17(22)20-7-4-13(18-3)5-8-20;1-3-4-2/h6,9-13,18H,4-5,7-8H2,1-3H3;3-4H2,1-2H3. The van der Waals surface area contributed by atoms with E-state index in [1.54, 1.807) is 6.20 Å². The van der Waals surface area contributed by atoms with Crippen molar-refractivity contribution in [2.45, 2.75) is 65.3 Å². The SMILES string of the molecule is CCCC.CNC1CCN(C(=O)c2cn3ccnc3cc2C(C)C)CC1. The smallest absolute Gasteiger partial charge is 0.255 e. The minimum atomic E-state index is 0.147. The van der Waals surface area contributed by atoms with Gasteiger partial charge in [-0.15, -0.1) is 0 Å². The summed E-state index contributed by atoms with van der Waals surface area (Å²) in [5.74, 6) is 0.448. The molecule has 26 heavy (non-hydrogen) atoms. The van der Waals surface area contributed by atoms with Gasteiger partial charge in [-0.1, -0.05) is 40.5 Å². The molecule has 0 aromatic carbocycles. The van der Waals surface area contributed by atoms with E-state index in [1.807, 2.05) is 34.8 Å². The molecule has 2 aromatic rings. The van der Waals surface area contributed by atoms with Gasteiger partial charge >= 0.3 is 0 Å². The van der Waals surface area contributed by atoms with Crippen LogP contribution in [0.5, 0.6) is 0 Å². The van der Waals surface area contributed by atoms with Crippen LogP contribution in [-0.2, 0) is 0 Å². The molecule has 144 valence electrons. The lowest BCUT2D eigenvalue weighted by atomic mass is 9.97. The Labute approximate surface area is 157 Å². The number of pyridine rings is 1. The molecule has 2 aromatic heterocycles. The van der Waals surface area contributed by atoms with Gasteiger partial charge in [0.2, 0.25) is 0 Å². The topological polar surface area (TPSA) is 49.6 Å². The number of unbranched alkanes of at least 4 members (excludes halogenated alkanes) is 1. The van der Waals surface area contributed by atoms with Crippen molar-refractivity contribution in [3.63, 3.8) is 0 Å². The van der Waals surface area contributed by atoms with Crippen LogP contribution in [-0.4, -0.2) is 46.4 Å². The summed E-state index contributed by atoms with van der Waals surface area (Å²) in [6, 6.07) is 2.57. The largest absolute Gasteiger partial charge is 0.338 e. The van der Waals surface area contributed by atoms with Crippen molar-refractivity contribution in [2.75, 3.05) is 20.1 Å². The molecule has 0 radical (unpaired) electrons. The Morgan fingerprint density at radius 2 is 1.92 bits per heavy atom. The molecular formula is C21H34N4O. The summed E-state index contributed by atoms with van der Waals surface area (Å²) in [6.45, 7) is 10.3. The van der Waals surface area contributed by atoms with Crippen molar-refractivity contribution in [3.05, 3.63) is 35.8 Å². The van der Waals surface area contributed by atoms with E-state index in [0.717, 1.165) is 42.7 Å². The molecule has 3 rings (SSSR count). The van der Waals surface area contributed by atoms with Crippen molar-refractivity contribution in [2.24, 2.45) is 0 Å². The van der Waals surface area contributed by atoms with Crippen molar-refractivity contribution in [1.82, 2.24) is 19.6 Å². The molecule has 0 atom stereocenters. The number of carbonyl (C=O) groups is 1. The lowest BCUT2D eigenvalue weighted by molar-refractivity contribution is 0.0705. The normalized spacial score (nSPS) is 15.2. The molecule has 5 heteroatoms. The van der Waals surface area contributed by atoms with E-state index in [4.69, 9.17) is 0 Å². The Hall–Kier alpha value is -1.88. The maximum atomic E-state index is 13.0. The molecule has 0 unspecified atom stereocenters. The number of hydrogen-bond acceptors (Lipinski definition) is 3. The number of nitrogens with one attached hydrogen (secondary N) is 1. The van der Waals surface area contributed by atoms with Crippen LogP contribution in [0.1, 0.15) is 75.2 Å². The van der Waals surface area contributed by atoms with Gasteiger partial charge in [-0.25, -0.2) is 4.98 Å². The summed E-state index contributed by atoms with van der Waals surface area (Å²) in [7, 11) is 1.99. The zero-order chi connectivity index (χ0) is 19.1. The van der Waals surface area contributed by atoms with Crippen molar-refractivity contribution in [3.8, 4) is 0 Å². The van der Waals surface area contributed by atoms with Gasteiger partial charge < -0.3 is 14.6 Å². The molecule has 1 aliphatic heterocycles. The second-order valence-electron chi connectivity index (χ2n) is 7.35. The van der Waals surface area contributed by atoms with Crippen molar-refractivity contribution < 1.29 is 4.79 Å². The molecule has 1 aliphatic rings.